The predicted molar refractivity (Wildman–Crippen MR) is 58.7 cm³/mol. The second-order valence-electron chi connectivity index (χ2n) is 3.83. The molecule has 1 aromatic heterocycles. The molecule has 4 heteroatoms. The molecule has 78 valence electrons. The van der Waals surface area contributed by atoms with Gasteiger partial charge in [-0.05, 0) is 32.4 Å². The van der Waals surface area contributed by atoms with Gasteiger partial charge in [-0.25, -0.2) is 4.98 Å². The quantitative estimate of drug-likeness (QED) is 0.757. The molecule has 0 fully saturated rings. The molecule has 1 aromatic rings. The lowest BCUT2D eigenvalue weighted by atomic mass is 10.0. The molecule has 0 amide bonds. The average molecular weight is 215 g/mol. The van der Waals surface area contributed by atoms with Crippen LogP contribution in [0.25, 0.3) is 0 Å². The first kappa shape index (κ1) is 11.3. The van der Waals surface area contributed by atoms with E-state index in [9.17, 15) is 0 Å². The molecule has 0 atom stereocenters. The summed E-state index contributed by atoms with van der Waals surface area (Å²) in [5.74, 6) is 0.732. The SMILES string of the molecule is CC(C)(CCO)Nc1cccc(Cl)n1. The van der Waals surface area contributed by atoms with E-state index < -0.39 is 0 Å². The van der Waals surface area contributed by atoms with Gasteiger partial charge in [-0.2, -0.15) is 0 Å². The molecule has 2 N–H and O–H groups in total. The van der Waals surface area contributed by atoms with E-state index in [0.717, 1.165) is 5.82 Å². The number of hydrogen-bond donors (Lipinski definition) is 2. The summed E-state index contributed by atoms with van der Waals surface area (Å²) in [6.07, 6.45) is 0.668. The van der Waals surface area contributed by atoms with Crippen molar-refractivity contribution in [2.45, 2.75) is 25.8 Å². The fourth-order valence-corrected chi connectivity index (χ4v) is 1.33. The van der Waals surface area contributed by atoms with Gasteiger partial charge in [0.25, 0.3) is 0 Å². The van der Waals surface area contributed by atoms with Crippen LogP contribution in [0.2, 0.25) is 5.15 Å². The molecule has 1 heterocycles. The Labute approximate surface area is 89.1 Å². The summed E-state index contributed by atoms with van der Waals surface area (Å²) in [6.45, 7) is 4.16. The molecule has 14 heavy (non-hydrogen) atoms. The van der Waals surface area contributed by atoms with Crippen LogP contribution in [0.1, 0.15) is 20.3 Å². The van der Waals surface area contributed by atoms with Crippen LogP contribution in [-0.4, -0.2) is 22.2 Å². The Balaban J connectivity index is 2.68. The van der Waals surface area contributed by atoms with Crippen LogP contribution < -0.4 is 5.32 Å². The van der Waals surface area contributed by atoms with E-state index in [1.165, 1.54) is 0 Å². The highest BCUT2D eigenvalue weighted by Crippen LogP contribution is 2.17. The van der Waals surface area contributed by atoms with Crippen LogP contribution in [0.15, 0.2) is 18.2 Å². The second-order valence-corrected chi connectivity index (χ2v) is 4.22. The number of aliphatic hydroxyl groups excluding tert-OH is 1. The number of halogens is 1. The van der Waals surface area contributed by atoms with Crippen LogP contribution in [-0.2, 0) is 0 Å². The van der Waals surface area contributed by atoms with Gasteiger partial charge in [0.2, 0.25) is 0 Å². The third-order valence-electron chi connectivity index (χ3n) is 1.92. The zero-order valence-corrected chi connectivity index (χ0v) is 9.17. The Morgan fingerprint density at radius 3 is 2.79 bits per heavy atom. The van der Waals surface area contributed by atoms with Crippen LogP contribution >= 0.6 is 11.6 Å². The first-order valence-corrected chi connectivity index (χ1v) is 4.93. The third-order valence-corrected chi connectivity index (χ3v) is 2.13. The van der Waals surface area contributed by atoms with Crippen molar-refractivity contribution in [3.63, 3.8) is 0 Å². The molecular formula is C10H15ClN2O. The molecule has 0 saturated carbocycles. The van der Waals surface area contributed by atoms with Gasteiger partial charge in [-0.15, -0.1) is 0 Å². The zero-order valence-electron chi connectivity index (χ0n) is 8.42. The lowest BCUT2D eigenvalue weighted by Gasteiger charge is -2.25. The Kier molecular flexibility index (Phi) is 3.72. The van der Waals surface area contributed by atoms with Crippen molar-refractivity contribution in [2.24, 2.45) is 0 Å². The fraction of sp³-hybridized carbons (Fsp3) is 0.500. The highest BCUT2D eigenvalue weighted by atomic mass is 35.5. The van der Waals surface area contributed by atoms with Crippen molar-refractivity contribution < 1.29 is 5.11 Å². The standard InChI is InChI=1S/C10H15ClN2O/c1-10(2,6-7-14)13-9-5-3-4-8(11)12-9/h3-5,14H,6-7H2,1-2H3,(H,12,13). The number of aliphatic hydroxyl groups is 1. The van der Waals surface area contributed by atoms with Crippen molar-refractivity contribution in [3.05, 3.63) is 23.4 Å². The van der Waals surface area contributed by atoms with Crippen molar-refractivity contribution >= 4 is 17.4 Å². The van der Waals surface area contributed by atoms with Gasteiger partial charge in [-0.3, -0.25) is 0 Å². The molecule has 0 saturated heterocycles. The molecule has 3 nitrogen and oxygen atoms in total. The minimum absolute atomic E-state index is 0.153. The molecule has 1 rings (SSSR count). The first-order chi connectivity index (χ1) is 6.53. The van der Waals surface area contributed by atoms with E-state index in [-0.39, 0.29) is 12.1 Å². The van der Waals surface area contributed by atoms with E-state index in [2.05, 4.69) is 10.3 Å². The molecule has 0 unspecified atom stereocenters. The van der Waals surface area contributed by atoms with Crippen molar-refractivity contribution in [2.75, 3.05) is 11.9 Å². The first-order valence-electron chi connectivity index (χ1n) is 4.55. The number of nitrogens with one attached hydrogen (secondary N) is 1. The van der Waals surface area contributed by atoms with E-state index in [0.29, 0.717) is 11.6 Å². The smallest absolute Gasteiger partial charge is 0.131 e. The number of anilines is 1. The molecule has 0 radical (unpaired) electrons. The van der Waals surface area contributed by atoms with Crippen LogP contribution in [0, 0.1) is 0 Å². The molecule has 0 aliphatic heterocycles. The predicted octanol–water partition coefficient (Wildman–Crippen LogP) is 2.31. The van der Waals surface area contributed by atoms with Crippen LogP contribution in [0.3, 0.4) is 0 Å². The van der Waals surface area contributed by atoms with Crippen LogP contribution in [0.4, 0.5) is 5.82 Å². The van der Waals surface area contributed by atoms with Gasteiger partial charge in [0.05, 0.1) is 0 Å². The van der Waals surface area contributed by atoms with Gasteiger partial charge >= 0.3 is 0 Å². The minimum atomic E-state index is -0.174. The third kappa shape index (κ3) is 3.52. The second kappa shape index (κ2) is 4.62. The molecule has 0 spiro atoms. The summed E-state index contributed by atoms with van der Waals surface area (Å²) in [6, 6.07) is 5.42. The van der Waals surface area contributed by atoms with E-state index in [1.807, 2.05) is 26.0 Å². The number of pyridine rings is 1. The maximum absolute atomic E-state index is 8.85. The largest absolute Gasteiger partial charge is 0.396 e. The molecule has 0 bridgehead atoms. The summed E-state index contributed by atoms with van der Waals surface area (Å²) >= 11 is 5.75. The maximum atomic E-state index is 8.85. The minimum Gasteiger partial charge on any atom is -0.396 e. The Bertz CT molecular complexity index is 302. The van der Waals surface area contributed by atoms with Gasteiger partial charge in [0.1, 0.15) is 11.0 Å². The van der Waals surface area contributed by atoms with E-state index in [4.69, 9.17) is 16.7 Å². The summed E-state index contributed by atoms with van der Waals surface area (Å²) in [4.78, 5) is 4.11. The van der Waals surface area contributed by atoms with E-state index >= 15 is 0 Å². The van der Waals surface area contributed by atoms with E-state index in [1.54, 1.807) is 6.07 Å². The van der Waals surface area contributed by atoms with Gasteiger partial charge in [0, 0.05) is 12.1 Å². The van der Waals surface area contributed by atoms with Crippen molar-refractivity contribution in [1.82, 2.24) is 4.98 Å². The normalized spacial score (nSPS) is 11.4. The molecule has 0 aromatic carbocycles. The van der Waals surface area contributed by atoms with Gasteiger partial charge < -0.3 is 10.4 Å². The summed E-state index contributed by atoms with van der Waals surface area (Å²) in [5, 5.41) is 12.5. The molecule has 0 aliphatic carbocycles. The highest BCUT2D eigenvalue weighted by molar-refractivity contribution is 6.29. The van der Waals surface area contributed by atoms with Gasteiger partial charge in [-0.1, -0.05) is 17.7 Å². The summed E-state index contributed by atoms with van der Waals surface area (Å²) in [7, 11) is 0. The van der Waals surface area contributed by atoms with Crippen molar-refractivity contribution in [1.29, 1.82) is 0 Å². The highest BCUT2D eigenvalue weighted by Gasteiger charge is 2.16. The lowest BCUT2D eigenvalue weighted by Crippen LogP contribution is -2.32. The lowest BCUT2D eigenvalue weighted by molar-refractivity contribution is 0.260. The molecular weight excluding hydrogens is 200 g/mol. The average Bonchev–Trinajstić information content (AvgIpc) is 2.02. The number of aromatic nitrogens is 1. The van der Waals surface area contributed by atoms with Crippen LogP contribution in [0.5, 0.6) is 0 Å². The Morgan fingerprint density at radius 1 is 1.50 bits per heavy atom. The monoisotopic (exact) mass is 214 g/mol. The zero-order chi connectivity index (χ0) is 10.6. The number of rotatable bonds is 4. The summed E-state index contributed by atoms with van der Waals surface area (Å²) in [5.41, 5.74) is -0.174. The number of nitrogens with zero attached hydrogens (tertiary/aromatic N) is 1. The molecule has 0 aliphatic rings. The maximum Gasteiger partial charge on any atom is 0.131 e. The van der Waals surface area contributed by atoms with Crippen molar-refractivity contribution in [3.8, 4) is 0 Å². The number of hydrogen-bond acceptors (Lipinski definition) is 3. The fourth-order valence-electron chi connectivity index (χ4n) is 1.17. The Morgan fingerprint density at radius 2 is 2.21 bits per heavy atom. The summed E-state index contributed by atoms with van der Waals surface area (Å²) < 4.78 is 0. The Hall–Kier alpha value is -0.800. The van der Waals surface area contributed by atoms with Gasteiger partial charge in [0.15, 0.2) is 0 Å². The topological polar surface area (TPSA) is 45.1 Å².